The van der Waals surface area contributed by atoms with Crippen LogP contribution in [0.15, 0.2) is 36.7 Å². The standard InChI is InChI=1S/C13H13ClN2O/c1-9(2)17-11-5-3-10(4-6-11)12-13(14)16-8-7-15-12/h3-9H,1-2H3. The highest BCUT2D eigenvalue weighted by Crippen LogP contribution is 2.25. The van der Waals surface area contributed by atoms with Crippen LogP contribution in [0, 0.1) is 0 Å². The second kappa shape index (κ2) is 5.15. The average molecular weight is 249 g/mol. The van der Waals surface area contributed by atoms with Crippen molar-refractivity contribution in [3.05, 3.63) is 41.8 Å². The number of benzene rings is 1. The number of aromatic nitrogens is 2. The van der Waals surface area contributed by atoms with E-state index in [1.54, 1.807) is 12.4 Å². The molecule has 17 heavy (non-hydrogen) atoms. The second-order valence-electron chi connectivity index (χ2n) is 3.89. The maximum absolute atomic E-state index is 5.98. The molecule has 0 unspecified atom stereocenters. The minimum Gasteiger partial charge on any atom is -0.491 e. The lowest BCUT2D eigenvalue weighted by molar-refractivity contribution is 0.242. The highest BCUT2D eigenvalue weighted by Gasteiger charge is 2.05. The van der Waals surface area contributed by atoms with E-state index in [1.807, 2.05) is 38.1 Å². The van der Waals surface area contributed by atoms with Crippen LogP contribution in [0.4, 0.5) is 0 Å². The lowest BCUT2D eigenvalue weighted by Gasteiger charge is -2.10. The third-order valence-electron chi connectivity index (χ3n) is 2.15. The molecule has 0 aliphatic rings. The van der Waals surface area contributed by atoms with Crippen molar-refractivity contribution in [2.45, 2.75) is 20.0 Å². The predicted molar refractivity (Wildman–Crippen MR) is 68.2 cm³/mol. The van der Waals surface area contributed by atoms with Gasteiger partial charge >= 0.3 is 0 Å². The van der Waals surface area contributed by atoms with E-state index in [-0.39, 0.29) is 6.10 Å². The third-order valence-corrected chi connectivity index (χ3v) is 2.43. The molecular weight excluding hydrogens is 236 g/mol. The van der Waals surface area contributed by atoms with Gasteiger partial charge in [0.05, 0.1) is 6.10 Å². The zero-order chi connectivity index (χ0) is 12.3. The smallest absolute Gasteiger partial charge is 0.155 e. The fourth-order valence-electron chi connectivity index (χ4n) is 1.48. The molecule has 0 N–H and O–H groups in total. The van der Waals surface area contributed by atoms with Crippen LogP contribution in [-0.2, 0) is 0 Å². The summed E-state index contributed by atoms with van der Waals surface area (Å²) in [6.07, 6.45) is 3.36. The number of hydrogen-bond donors (Lipinski definition) is 0. The van der Waals surface area contributed by atoms with Crippen LogP contribution in [0.2, 0.25) is 5.15 Å². The summed E-state index contributed by atoms with van der Waals surface area (Å²) in [6, 6.07) is 7.65. The molecule has 2 rings (SSSR count). The Balaban J connectivity index is 2.27. The number of hydrogen-bond acceptors (Lipinski definition) is 3. The number of ether oxygens (including phenoxy) is 1. The first kappa shape index (κ1) is 11.9. The first-order valence-corrected chi connectivity index (χ1v) is 5.78. The van der Waals surface area contributed by atoms with Gasteiger partial charge in [-0.1, -0.05) is 11.6 Å². The fraction of sp³-hybridized carbons (Fsp3) is 0.231. The summed E-state index contributed by atoms with van der Waals surface area (Å²) in [5.41, 5.74) is 1.62. The Morgan fingerprint density at radius 3 is 2.29 bits per heavy atom. The lowest BCUT2D eigenvalue weighted by Crippen LogP contribution is -2.05. The molecule has 0 saturated heterocycles. The summed E-state index contributed by atoms with van der Waals surface area (Å²) in [4.78, 5) is 8.20. The van der Waals surface area contributed by atoms with Gasteiger partial charge in [0.15, 0.2) is 5.15 Å². The molecule has 0 fully saturated rings. The van der Waals surface area contributed by atoms with Gasteiger partial charge in [-0.05, 0) is 38.1 Å². The molecule has 3 nitrogen and oxygen atoms in total. The Labute approximate surface area is 105 Å². The molecule has 0 bridgehead atoms. The van der Waals surface area contributed by atoms with Crippen LogP contribution in [0.3, 0.4) is 0 Å². The highest BCUT2D eigenvalue weighted by atomic mass is 35.5. The summed E-state index contributed by atoms with van der Waals surface area (Å²) < 4.78 is 5.57. The van der Waals surface area contributed by atoms with Crippen molar-refractivity contribution >= 4 is 11.6 Å². The van der Waals surface area contributed by atoms with E-state index >= 15 is 0 Å². The molecular formula is C13H13ClN2O. The van der Waals surface area contributed by atoms with Crippen molar-refractivity contribution in [1.29, 1.82) is 0 Å². The maximum Gasteiger partial charge on any atom is 0.155 e. The molecule has 1 heterocycles. The van der Waals surface area contributed by atoms with Gasteiger partial charge in [-0.3, -0.25) is 4.98 Å². The van der Waals surface area contributed by atoms with Gasteiger partial charge in [0.2, 0.25) is 0 Å². The highest BCUT2D eigenvalue weighted by molar-refractivity contribution is 6.31. The van der Waals surface area contributed by atoms with E-state index in [1.165, 1.54) is 0 Å². The van der Waals surface area contributed by atoms with Gasteiger partial charge in [0.1, 0.15) is 11.4 Å². The Kier molecular flexibility index (Phi) is 3.59. The molecule has 88 valence electrons. The van der Waals surface area contributed by atoms with Crippen LogP contribution in [-0.4, -0.2) is 16.1 Å². The number of halogens is 1. The van der Waals surface area contributed by atoms with E-state index in [0.29, 0.717) is 10.8 Å². The SMILES string of the molecule is CC(C)Oc1ccc(-c2nccnc2Cl)cc1. The van der Waals surface area contributed by atoms with Crippen LogP contribution in [0.25, 0.3) is 11.3 Å². The van der Waals surface area contributed by atoms with Crippen molar-refractivity contribution in [3.8, 4) is 17.0 Å². The van der Waals surface area contributed by atoms with Crippen molar-refractivity contribution < 1.29 is 4.74 Å². The lowest BCUT2D eigenvalue weighted by atomic mass is 10.1. The quantitative estimate of drug-likeness (QED) is 0.833. The van der Waals surface area contributed by atoms with Crippen LogP contribution in [0.5, 0.6) is 5.75 Å². The molecule has 2 aromatic rings. The zero-order valence-corrected chi connectivity index (χ0v) is 10.5. The predicted octanol–water partition coefficient (Wildman–Crippen LogP) is 3.58. The van der Waals surface area contributed by atoms with Crippen molar-refractivity contribution in [1.82, 2.24) is 9.97 Å². The molecule has 0 atom stereocenters. The largest absolute Gasteiger partial charge is 0.491 e. The van der Waals surface area contributed by atoms with Crippen molar-refractivity contribution in [3.63, 3.8) is 0 Å². The van der Waals surface area contributed by atoms with Crippen LogP contribution < -0.4 is 4.74 Å². The Morgan fingerprint density at radius 1 is 1.06 bits per heavy atom. The normalized spacial score (nSPS) is 10.6. The van der Waals surface area contributed by atoms with Crippen LogP contribution >= 0.6 is 11.6 Å². The molecule has 0 spiro atoms. The summed E-state index contributed by atoms with van der Waals surface area (Å²) in [6.45, 7) is 3.99. The minimum absolute atomic E-state index is 0.168. The van der Waals surface area contributed by atoms with E-state index in [4.69, 9.17) is 16.3 Å². The summed E-state index contributed by atoms with van der Waals surface area (Å²) >= 11 is 5.98. The Hall–Kier alpha value is -1.61. The average Bonchev–Trinajstić information content (AvgIpc) is 2.30. The van der Waals surface area contributed by atoms with Gasteiger partial charge in [-0.15, -0.1) is 0 Å². The maximum atomic E-state index is 5.98. The number of nitrogens with zero attached hydrogens (tertiary/aromatic N) is 2. The zero-order valence-electron chi connectivity index (χ0n) is 9.72. The van der Waals surface area contributed by atoms with Crippen LogP contribution in [0.1, 0.15) is 13.8 Å². The van der Waals surface area contributed by atoms with Gasteiger partial charge in [-0.2, -0.15) is 0 Å². The first-order valence-electron chi connectivity index (χ1n) is 5.40. The summed E-state index contributed by atoms with van der Waals surface area (Å²) in [5, 5.41) is 0.407. The minimum atomic E-state index is 0.168. The van der Waals surface area contributed by atoms with Gasteiger partial charge < -0.3 is 4.74 Å². The van der Waals surface area contributed by atoms with E-state index in [0.717, 1.165) is 11.3 Å². The fourth-order valence-corrected chi connectivity index (χ4v) is 1.69. The third kappa shape index (κ3) is 2.94. The van der Waals surface area contributed by atoms with Gasteiger partial charge in [0, 0.05) is 18.0 Å². The first-order chi connectivity index (χ1) is 8.16. The molecule has 0 aliphatic heterocycles. The van der Waals surface area contributed by atoms with E-state index in [2.05, 4.69) is 9.97 Å². The van der Waals surface area contributed by atoms with Crippen molar-refractivity contribution in [2.75, 3.05) is 0 Å². The molecule has 4 heteroatoms. The van der Waals surface area contributed by atoms with Crippen molar-refractivity contribution in [2.24, 2.45) is 0 Å². The molecule has 0 radical (unpaired) electrons. The molecule has 1 aromatic heterocycles. The second-order valence-corrected chi connectivity index (χ2v) is 4.24. The topological polar surface area (TPSA) is 35.0 Å². The summed E-state index contributed by atoms with van der Waals surface area (Å²) in [5.74, 6) is 0.837. The molecule has 0 aliphatic carbocycles. The van der Waals surface area contributed by atoms with E-state index in [9.17, 15) is 0 Å². The molecule has 1 aromatic carbocycles. The van der Waals surface area contributed by atoms with Gasteiger partial charge in [0.25, 0.3) is 0 Å². The Bertz CT molecular complexity index is 497. The molecule has 0 amide bonds. The van der Waals surface area contributed by atoms with E-state index < -0.39 is 0 Å². The molecule has 0 saturated carbocycles. The summed E-state index contributed by atoms with van der Waals surface area (Å²) in [7, 11) is 0. The monoisotopic (exact) mass is 248 g/mol. The Morgan fingerprint density at radius 2 is 1.71 bits per heavy atom. The van der Waals surface area contributed by atoms with Gasteiger partial charge in [-0.25, -0.2) is 4.98 Å². The number of rotatable bonds is 3.